The van der Waals surface area contributed by atoms with Gasteiger partial charge in [0.1, 0.15) is 0 Å². The minimum absolute atomic E-state index is 0.0765. The Bertz CT molecular complexity index is 197. The summed E-state index contributed by atoms with van der Waals surface area (Å²) in [5, 5.41) is 18.2. The highest BCUT2D eigenvalue weighted by atomic mass is 19.4. The van der Waals surface area contributed by atoms with Gasteiger partial charge in [-0.25, -0.2) is 0 Å². The van der Waals surface area contributed by atoms with Crippen molar-refractivity contribution >= 4 is 0 Å². The molecule has 78 valence electrons. The number of hydrogen-bond donors (Lipinski definition) is 3. The van der Waals surface area contributed by atoms with Crippen molar-refractivity contribution in [3.8, 4) is 0 Å². The molecule has 0 aliphatic heterocycles. The number of rotatable bonds is 0. The van der Waals surface area contributed by atoms with E-state index in [2.05, 4.69) is 0 Å². The molecule has 3 atom stereocenters. The van der Waals surface area contributed by atoms with Gasteiger partial charge < -0.3 is 15.9 Å². The van der Waals surface area contributed by atoms with Gasteiger partial charge >= 0.3 is 6.18 Å². The Morgan fingerprint density at radius 2 is 1.92 bits per heavy atom. The predicted molar refractivity (Wildman–Crippen MR) is 38.8 cm³/mol. The maximum atomic E-state index is 12.3. The van der Waals surface area contributed by atoms with E-state index in [0.29, 0.717) is 0 Å². The Hall–Kier alpha value is -0.330. The van der Waals surface area contributed by atoms with E-state index in [1.165, 1.54) is 0 Å². The first-order chi connectivity index (χ1) is 5.77. The second-order valence-electron chi connectivity index (χ2n) is 3.47. The molecule has 13 heavy (non-hydrogen) atoms. The van der Waals surface area contributed by atoms with E-state index in [1.807, 2.05) is 0 Å². The third-order valence-corrected chi connectivity index (χ3v) is 2.46. The van der Waals surface area contributed by atoms with Gasteiger partial charge in [-0.05, 0) is 19.3 Å². The summed E-state index contributed by atoms with van der Waals surface area (Å²) in [4.78, 5) is 0. The number of aliphatic hydroxyl groups is 2. The van der Waals surface area contributed by atoms with Gasteiger partial charge in [0, 0.05) is 6.04 Å². The summed E-state index contributed by atoms with van der Waals surface area (Å²) in [6.45, 7) is 0. The number of alkyl halides is 3. The molecule has 6 heteroatoms. The van der Waals surface area contributed by atoms with Crippen LogP contribution < -0.4 is 5.73 Å². The minimum atomic E-state index is -4.79. The lowest BCUT2D eigenvalue weighted by Gasteiger charge is -2.40. The summed E-state index contributed by atoms with van der Waals surface area (Å²) in [7, 11) is 0. The number of nitrogens with two attached hydrogens (primary N) is 1. The molecule has 1 rings (SSSR count). The van der Waals surface area contributed by atoms with Crippen molar-refractivity contribution in [1.29, 1.82) is 0 Å². The fourth-order valence-corrected chi connectivity index (χ4v) is 1.50. The zero-order chi connectivity index (χ0) is 10.3. The molecule has 3 nitrogen and oxygen atoms in total. The highest BCUT2D eigenvalue weighted by Crippen LogP contribution is 2.41. The van der Waals surface area contributed by atoms with Gasteiger partial charge in [-0.1, -0.05) is 0 Å². The average Bonchev–Trinajstić information content (AvgIpc) is 1.95. The first kappa shape index (κ1) is 10.7. The SMILES string of the molecule is NC1CC[C@@](O)(C(F)(F)F)[C@H](O)C1. The van der Waals surface area contributed by atoms with Crippen molar-refractivity contribution in [1.82, 2.24) is 0 Å². The molecule has 0 spiro atoms. The summed E-state index contributed by atoms with van der Waals surface area (Å²) < 4.78 is 36.8. The number of hydrogen-bond acceptors (Lipinski definition) is 3. The Kier molecular flexibility index (Phi) is 2.57. The maximum absolute atomic E-state index is 12.3. The van der Waals surface area contributed by atoms with Crippen LogP contribution in [0, 0.1) is 0 Å². The summed E-state index contributed by atoms with van der Waals surface area (Å²) in [5.41, 5.74) is 2.38. The van der Waals surface area contributed by atoms with Gasteiger partial charge in [0.2, 0.25) is 0 Å². The van der Waals surface area contributed by atoms with E-state index in [-0.39, 0.29) is 12.8 Å². The van der Waals surface area contributed by atoms with Gasteiger partial charge in [0.15, 0.2) is 5.60 Å². The second-order valence-corrected chi connectivity index (χ2v) is 3.47. The average molecular weight is 199 g/mol. The van der Waals surface area contributed by atoms with Crippen molar-refractivity contribution in [3.63, 3.8) is 0 Å². The van der Waals surface area contributed by atoms with Crippen LogP contribution >= 0.6 is 0 Å². The Morgan fingerprint density at radius 3 is 2.31 bits per heavy atom. The number of aliphatic hydroxyl groups excluding tert-OH is 1. The Balaban J connectivity index is 2.79. The highest BCUT2D eigenvalue weighted by molar-refractivity contribution is 4.99. The molecule has 1 aliphatic carbocycles. The van der Waals surface area contributed by atoms with Crippen LogP contribution in [-0.2, 0) is 0 Å². The van der Waals surface area contributed by atoms with Crippen LogP contribution in [0.1, 0.15) is 19.3 Å². The lowest BCUT2D eigenvalue weighted by Crippen LogP contribution is -2.59. The molecule has 1 fully saturated rings. The molecular formula is C7H12F3NO2. The van der Waals surface area contributed by atoms with Crippen LogP contribution in [0.15, 0.2) is 0 Å². The Morgan fingerprint density at radius 1 is 1.38 bits per heavy atom. The summed E-state index contributed by atoms with van der Waals surface area (Å²) in [5.74, 6) is 0. The number of halogens is 3. The largest absolute Gasteiger partial charge is 0.419 e. The smallest absolute Gasteiger partial charge is 0.390 e. The third-order valence-electron chi connectivity index (χ3n) is 2.46. The van der Waals surface area contributed by atoms with Gasteiger partial charge in [-0.2, -0.15) is 13.2 Å². The van der Waals surface area contributed by atoms with Gasteiger partial charge in [0.05, 0.1) is 6.10 Å². The molecule has 0 aromatic carbocycles. The molecule has 0 amide bonds. The van der Waals surface area contributed by atoms with Crippen molar-refractivity contribution in [2.24, 2.45) is 5.73 Å². The lowest BCUT2D eigenvalue weighted by molar-refractivity contribution is -0.299. The monoisotopic (exact) mass is 199 g/mol. The van der Waals surface area contributed by atoms with Crippen molar-refractivity contribution in [2.75, 3.05) is 0 Å². The molecule has 0 aromatic rings. The summed E-state index contributed by atoms with van der Waals surface area (Å²) >= 11 is 0. The van der Waals surface area contributed by atoms with Gasteiger partial charge in [-0.15, -0.1) is 0 Å². The minimum Gasteiger partial charge on any atom is -0.390 e. The summed E-state index contributed by atoms with van der Waals surface area (Å²) in [6, 6.07) is -0.461. The third kappa shape index (κ3) is 1.79. The van der Waals surface area contributed by atoms with E-state index in [0.717, 1.165) is 0 Å². The molecule has 0 saturated heterocycles. The first-order valence-electron chi connectivity index (χ1n) is 4.00. The van der Waals surface area contributed by atoms with Crippen molar-refractivity contribution in [3.05, 3.63) is 0 Å². The van der Waals surface area contributed by atoms with E-state index in [4.69, 9.17) is 15.9 Å². The molecular weight excluding hydrogens is 187 g/mol. The normalized spacial score (nSPS) is 42.0. The highest BCUT2D eigenvalue weighted by Gasteiger charge is 2.59. The molecule has 0 bridgehead atoms. The summed E-state index contributed by atoms with van der Waals surface area (Å²) in [6.07, 6.45) is -7.26. The maximum Gasteiger partial charge on any atom is 0.419 e. The van der Waals surface area contributed by atoms with Crippen LogP contribution in [0.4, 0.5) is 13.2 Å². The molecule has 0 heterocycles. The quantitative estimate of drug-likeness (QED) is 0.520. The molecule has 0 radical (unpaired) electrons. The van der Waals surface area contributed by atoms with Crippen LogP contribution in [0.25, 0.3) is 0 Å². The first-order valence-corrected chi connectivity index (χ1v) is 4.00. The lowest BCUT2D eigenvalue weighted by atomic mass is 9.79. The second kappa shape index (κ2) is 3.11. The van der Waals surface area contributed by atoms with E-state index in [1.54, 1.807) is 0 Å². The fourth-order valence-electron chi connectivity index (χ4n) is 1.50. The van der Waals surface area contributed by atoms with Gasteiger partial charge in [-0.3, -0.25) is 0 Å². The van der Waals surface area contributed by atoms with E-state index >= 15 is 0 Å². The van der Waals surface area contributed by atoms with Crippen LogP contribution in [-0.4, -0.2) is 34.1 Å². The Labute approximate surface area is 73.3 Å². The molecule has 0 aromatic heterocycles. The molecule has 1 unspecified atom stereocenters. The predicted octanol–water partition coefficient (Wildman–Crippen LogP) is 0.152. The van der Waals surface area contributed by atoms with Crippen LogP contribution in [0.3, 0.4) is 0 Å². The standard InChI is InChI=1S/C7H12F3NO2/c8-7(9,10)6(13)2-1-4(11)3-5(6)12/h4-5,12-13H,1-3,11H2/t4?,5-,6+/m1/s1. The van der Waals surface area contributed by atoms with E-state index in [9.17, 15) is 13.2 Å². The van der Waals surface area contributed by atoms with Gasteiger partial charge in [0.25, 0.3) is 0 Å². The zero-order valence-corrected chi connectivity index (χ0v) is 6.88. The molecule has 1 aliphatic rings. The molecule has 1 saturated carbocycles. The van der Waals surface area contributed by atoms with Crippen molar-refractivity contribution < 1.29 is 23.4 Å². The fraction of sp³-hybridized carbons (Fsp3) is 1.00. The van der Waals surface area contributed by atoms with E-state index < -0.39 is 30.3 Å². The van der Waals surface area contributed by atoms with Crippen LogP contribution in [0.5, 0.6) is 0 Å². The zero-order valence-electron chi connectivity index (χ0n) is 6.88. The molecule has 4 N–H and O–H groups in total. The van der Waals surface area contributed by atoms with Crippen molar-refractivity contribution in [2.45, 2.75) is 43.2 Å². The topological polar surface area (TPSA) is 66.5 Å². The van der Waals surface area contributed by atoms with Crippen LogP contribution in [0.2, 0.25) is 0 Å².